The second-order valence-electron chi connectivity index (χ2n) is 15.6. The molecule has 2 aromatic carbocycles. The Morgan fingerprint density at radius 3 is 1.85 bits per heavy atom. The summed E-state index contributed by atoms with van der Waals surface area (Å²) in [4.78, 5) is 5.13. The van der Waals surface area contributed by atoms with Crippen LogP contribution in [0, 0.1) is 0 Å². The molecule has 6 aliphatic heterocycles. The van der Waals surface area contributed by atoms with Gasteiger partial charge in [0.2, 0.25) is 0 Å². The average Bonchev–Trinajstić information content (AvgIpc) is 4.03. The highest BCUT2D eigenvalue weighted by Crippen LogP contribution is 2.35. The quantitative estimate of drug-likeness (QED) is 0.223. The zero-order valence-corrected chi connectivity index (χ0v) is 31.0. The summed E-state index contributed by atoms with van der Waals surface area (Å²) in [6, 6.07) is 15.3. The van der Waals surface area contributed by atoms with Crippen molar-refractivity contribution in [1.82, 2.24) is 29.4 Å². The molecule has 10 rings (SSSR count). The molecule has 2 saturated heterocycles. The van der Waals surface area contributed by atoms with Gasteiger partial charge in [0.25, 0.3) is 0 Å². The van der Waals surface area contributed by atoms with Crippen molar-refractivity contribution in [3.05, 3.63) is 93.6 Å². The zero-order chi connectivity index (χ0) is 35.0. The molecule has 0 saturated carbocycles. The molecular formula is C42H54N6O4. The van der Waals surface area contributed by atoms with Gasteiger partial charge in [0.1, 0.15) is 11.5 Å². The van der Waals surface area contributed by atoms with Crippen LogP contribution in [0.1, 0.15) is 108 Å². The number of nitrogens with zero attached hydrogens (tertiary/aromatic N) is 6. The average molecular weight is 707 g/mol. The van der Waals surface area contributed by atoms with Gasteiger partial charge < -0.3 is 18.9 Å². The van der Waals surface area contributed by atoms with E-state index in [0.29, 0.717) is 24.2 Å². The van der Waals surface area contributed by atoms with Crippen LogP contribution < -0.4 is 9.47 Å². The van der Waals surface area contributed by atoms with E-state index in [1.165, 1.54) is 44.8 Å². The van der Waals surface area contributed by atoms with Crippen LogP contribution in [0.5, 0.6) is 11.5 Å². The van der Waals surface area contributed by atoms with Crippen LogP contribution in [0.25, 0.3) is 0 Å². The summed E-state index contributed by atoms with van der Waals surface area (Å²) in [5.74, 6) is 2.17. The maximum Gasteiger partial charge on any atom is 0.122 e. The molecule has 2 atom stereocenters. The van der Waals surface area contributed by atoms with Gasteiger partial charge in [0.05, 0.1) is 37.2 Å². The van der Waals surface area contributed by atoms with Crippen LogP contribution in [0.2, 0.25) is 0 Å². The predicted molar refractivity (Wildman–Crippen MR) is 199 cm³/mol. The number of hydrogen-bond donors (Lipinski definition) is 0. The first-order chi connectivity index (χ1) is 25.6. The maximum atomic E-state index is 5.76. The monoisotopic (exact) mass is 706 g/mol. The second kappa shape index (κ2) is 15.0. The SMILES string of the molecule is CC(c1ccc2c(c1)OCC2)N1CCc2c(cnn2C2CCOCC2)C1.CC(c1ccc2c(c1)OCC2)N1CCc2nn(C3CCOCC3)cc2C1. The van der Waals surface area contributed by atoms with Gasteiger partial charge in [-0.05, 0) is 73.9 Å². The number of aromatic nitrogens is 4. The molecule has 2 unspecified atom stereocenters. The molecule has 10 heteroatoms. The predicted octanol–water partition coefficient (Wildman–Crippen LogP) is 6.58. The highest BCUT2D eigenvalue weighted by molar-refractivity contribution is 5.42. The number of rotatable bonds is 6. The summed E-state index contributed by atoms with van der Waals surface area (Å²) in [5.41, 5.74) is 10.9. The summed E-state index contributed by atoms with van der Waals surface area (Å²) >= 11 is 0. The lowest BCUT2D eigenvalue weighted by Gasteiger charge is -2.34. The minimum Gasteiger partial charge on any atom is -0.493 e. The minimum absolute atomic E-state index is 0.393. The summed E-state index contributed by atoms with van der Waals surface area (Å²) in [5, 5.41) is 9.65. The van der Waals surface area contributed by atoms with E-state index in [2.05, 4.69) is 81.8 Å². The number of hydrogen-bond acceptors (Lipinski definition) is 8. The van der Waals surface area contributed by atoms with Crippen molar-refractivity contribution in [3.8, 4) is 11.5 Å². The molecule has 276 valence electrons. The molecule has 0 bridgehead atoms. The molecule has 2 aromatic heterocycles. The van der Waals surface area contributed by atoms with E-state index in [0.717, 1.165) is 129 Å². The fourth-order valence-electron chi connectivity index (χ4n) is 9.08. The van der Waals surface area contributed by atoms with Gasteiger partial charge in [-0.25, -0.2) is 0 Å². The molecule has 52 heavy (non-hydrogen) atoms. The molecule has 0 amide bonds. The molecule has 8 heterocycles. The van der Waals surface area contributed by atoms with Crippen molar-refractivity contribution < 1.29 is 18.9 Å². The van der Waals surface area contributed by atoms with Crippen LogP contribution in [-0.2, 0) is 48.2 Å². The van der Waals surface area contributed by atoms with Crippen LogP contribution in [0.4, 0.5) is 0 Å². The van der Waals surface area contributed by atoms with Crippen molar-refractivity contribution in [2.24, 2.45) is 0 Å². The van der Waals surface area contributed by atoms with E-state index in [-0.39, 0.29) is 0 Å². The molecule has 0 spiro atoms. The molecule has 0 radical (unpaired) electrons. The largest absolute Gasteiger partial charge is 0.493 e. The molecular weight excluding hydrogens is 653 g/mol. The Morgan fingerprint density at radius 1 is 0.635 bits per heavy atom. The number of ether oxygens (including phenoxy) is 4. The second-order valence-corrected chi connectivity index (χ2v) is 15.6. The molecule has 10 nitrogen and oxygen atoms in total. The normalized spacial score (nSPS) is 21.9. The minimum atomic E-state index is 0.393. The van der Waals surface area contributed by atoms with E-state index >= 15 is 0 Å². The van der Waals surface area contributed by atoms with Gasteiger partial charge in [-0.15, -0.1) is 0 Å². The third-order valence-electron chi connectivity index (χ3n) is 12.5. The maximum absolute atomic E-state index is 5.76. The lowest BCUT2D eigenvalue weighted by molar-refractivity contribution is 0.0648. The van der Waals surface area contributed by atoms with Crippen molar-refractivity contribution in [1.29, 1.82) is 0 Å². The van der Waals surface area contributed by atoms with E-state index in [4.69, 9.17) is 29.1 Å². The molecule has 0 N–H and O–H groups in total. The Balaban J connectivity index is 0.000000138. The van der Waals surface area contributed by atoms with Crippen molar-refractivity contribution >= 4 is 0 Å². The van der Waals surface area contributed by atoms with Crippen molar-refractivity contribution in [2.75, 3.05) is 52.7 Å². The van der Waals surface area contributed by atoms with E-state index in [1.807, 2.05) is 0 Å². The van der Waals surface area contributed by atoms with E-state index in [1.54, 1.807) is 0 Å². The summed E-state index contributed by atoms with van der Waals surface area (Å²) in [6.07, 6.45) is 12.9. The third kappa shape index (κ3) is 6.91. The van der Waals surface area contributed by atoms with E-state index in [9.17, 15) is 0 Å². The van der Waals surface area contributed by atoms with Crippen LogP contribution in [0.3, 0.4) is 0 Å². The van der Waals surface area contributed by atoms with Gasteiger partial charge in [-0.2, -0.15) is 10.2 Å². The summed E-state index contributed by atoms with van der Waals surface area (Å²) in [6.45, 7) is 13.8. The van der Waals surface area contributed by atoms with Crippen molar-refractivity contribution in [3.63, 3.8) is 0 Å². The topological polar surface area (TPSA) is 79.0 Å². The van der Waals surface area contributed by atoms with Crippen LogP contribution >= 0.6 is 0 Å². The highest BCUT2D eigenvalue weighted by Gasteiger charge is 2.29. The van der Waals surface area contributed by atoms with Crippen molar-refractivity contribution in [2.45, 2.75) is 102 Å². The Hall–Kier alpha value is -3.70. The first-order valence-corrected chi connectivity index (χ1v) is 19.8. The fraction of sp³-hybridized carbons (Fsp3) is 0.571. The summed E-state index contributed by atoms with van der Waals surface area (Å²) < 4.78 is 27.0. The Bertz CT molecular complexity index is 1790. The van der Waals surface area contributed by atoms with E-state index < -0.39 is 0 Å². The summed E-state index contributed by atoms with van der Waals surface area (Å²) in [7, 11) is 0. The Kier molecular flexibility index (Phi) is 9.81. The zero-order valence-electron chi connectivity index (χ0n) is 31.0. The fourth-order valence-corrected chi connectivity index (χ4v) is 9.08. The first kappa shape index (κ1) is 34.1. The molecule has 4 aromatic rings. The number of fused-ring (bicyclic) bond motifs is 4. The highest BCUT2D eigenvalue weighted by atomic mass is 16.5. The Morgan fingerprint density at radius 2 is 1.21 bits per heavy atom. The molecule has 0 aliphatic carbocycles. The Labute approximate surface area is 308 Å². The molecule has 2 fully saturated rings. The van der Waals surface area contributed by atoms with Gasteiger partial charge in [-0.3, -0.25) is 19.2 Å². The van der Waals surface area contributed by atoms with Gasteiger partial charge in [0.15, 0.2) is 0 Å². The van der Waals surface area contributed by atoms with Gasteiger partial charge in [0, 0.05) is 113 Å². The van der Waals surface area contributed by atoms with Gasteiger partial charge in [-0.1, -0.05) is 24.3 Å². The van der Waals surface area contributed by atoms with Gasteiger partial charge >= 0.3 is 0 Å². The third-order valence-corrected chi connectivity index (χ3v) is 12.5. The standard InChI is InChI=1S/2C21H27N3O2/c1-15(17-3-2-16-5-11-26-21(16)12-17)23-8-4-20-18(13-23)14-24(22-20)19-6-9-25-10-7-19;1-15(17-3-2-16-5-11-26-21(16)12-17)23-8-4-20-18(14-23)13-22-24(20)19-6-9-25-10-7-19/h2-3,12,14-15,19H,4-11,13H2,1H3;2-3,12-13,15,19H,4-11,14H2,1H3. The van der Waals surface area contributed by atoms with Crippen LogP contribution in [-0.4, -0.2) is 82.1 Å². The number of benzene rings is 2. The van der Waals surface area contributed by atoms with Crippen LogP contribution in [0.15, 0.2) is 48.8 Å². The smallest absolute Gasteiger partial charge is 0.122 e. The lowest BCUT2D eigenvalue weighted by Crippen LogP contribution is -2.34. The molecule has 6 aliphatic rings. The first-order valence-electron chi connectivity index (χ1n) is 19.8. The lowest BCUT2D eigenvalue weighted by atomic mass is 9.99.